The third kappa shape index (κ3) is 2.74. The van der Waals surface area contributed by atoms with Gasteiger partial charge in [0.25, 0.3) is 17.4 Å². The number of rotatable bonds is 4. The summed E-state index contributed by atoms with van der Waals surface area (Å²) in [4.78, 5) is 42.8. The van der Waals surface area contributed by atoms with Crippen molar-refractivity contribution in [2.75, 3.05) is 6.54 Å². The van der Waals surface area contributed by atoms with E-state index in [2.05, 4.69) is 20.9 Å². The molecule has 0 saturated carbocycles. The molecule has 7 heteroatoms. The molecule has 0 fully saturated rings. The van der Waals surface area contributed by atoms with Gasteiger partial charge in [-0.3, -0.25) is 23.9 Å². The van der Waals surface area contributed by atoms with Crippen molar-refractivity contribution in [1.29, 1.82) is 0 Å². The van der Waals surface area contributed by atoms with Crippen molar-refractivity contribution < 1.29 is 9.59 Å². The summed E-state index contributed by atoms with van der Waals surface area (Å²) < 4.78 is 2.32. The van der Waals surface area contributed by atoms with Gasteiger partial charge in [0.05, 0.1) is 28.4 Å². The van der Waals surface area contributed by atoms with Crippen LogP contribution in [0.1, 0.15) is 27.1 Å². The van der Waals surface area contributed by atoms with Gasteiger partial charge >= 0.3 is 0 Å². The van der Waals surface area contributed by atoms with E-state index < -0.39 is 0 Å². The molecule has 0 N–H and O–H groups in total. The highest BCUT2D eigenvalue weighted by Gasteiger charge is 2.34. The summed E-state index contributed by atoms with van der Waals surface area (Å²) in [7, 11) is 0. The molecule has 2 heterocycles. The fourth-order valence-electron chi connectivity index (χ4n) is 3.13. The molecule has 2 amide bonds. The molecule has 0 atom stereocenters. The maximum Gasteiger partial charge on any atom is 0.261 e. The Balaban J connectivity index is 1.50. The first kappa shape index (κ1) is 16.7. The number of halogens is 1. The lowest BCUT2D eigenvalue weighted by molar-refractivity contribution is 0.0650. The quantitative estimate of drug-likeness (QED) is 0.618. The zero-order valence-electron chi connectivity index (χ0n) is 13.7. The first-order valence-corrected chi connectivity index (χ1v) is 8.95. The van der Waals surface area contributed by atoms with Crippen LogP contribution in [0.5, 0.6) is 0 Å². The summed E-state index contributed by atoms with van der Waals surface area (Å²) in [5, 5.41) is 0.530. The van der Waals surface area contributed by atoms with Crippen LogP contribution in [0.15, 0.2) is 58.1 Å². The predicted molar refractivity (Wildman–Crippen MR) is 100 cm³/mol. The van der Waals surface area contributed by atoms with Gasteiger partial charge in [-0.25, -0.2) is 4.98 Å². The average molecular weight is 412 g/mol. The number of aryl methyl sites for hydroxylation is 1. The van der Waals surface area contributed by atoms with Gasteiger partial charge in [0.1, 0.15) is 0 Å². The van der Waals surface area contributed by atoms with Crippen LogP contribution in [0.25, 0.3) is 10.9 Å². The molecule has 0 aliphatic carbocycles. The fraction of sp³-hybridized carbons (Fsp3) is 0.158. The third-order valence-electron chi connectivity index (χ3n) is 4.44. The van der Waals surface area contributed by atoms with Gasteiger partial charge in [-0.05, 0) is 36.8 Å². The highest BCUT2D eigenvalue weighted by Crippen LogP contribution is 2.22. The molecule has 0 bridgehead atoms. The Hall–Kier alpha value is -2.80. The number of amides is 2. The average Bonchev–Trinajstić information content (AvgIpc) is 2.89. The molecule has 4 rings (SSSR count). The van der Waals surface area contributed by atoms with Crippen molar-refractivity contribution >= 4 is 38.6 Å². The number of carbonyl (C=O) groups is 2. The molecule has 1 aliphatic rings. The van der Waals surface area contributed by atoms with E-state index in [0.29, 0.717) is 35.0 Å². The topological polar surface area (TPSA) is 72.3 Å². The van der Waals surface area contributed by atoms with Gasteiger partial charge in [-0.1, -0.05) is 28.1 Å². The molecular formula is C19H14BrN3O3. The van der Waals surface area contributed by atoms with Gasteiger partial charge in [-0.15, -0.1) is 0 Å². The molecule has 6 nitrogen and oxygen atoms in total. The number of carbonyl (C=O) groups excluding carboxylic acids is 2. The second-order valence-electron chi connectivity index (χ2n) is 6.07. The van der Waals surface area contributed by atoms with Crippen molar-refractivity contribution in [1.82, 2.24) is 14.5 Å². The van der Waals surface area contributed by atoms with Crippen LogP contribution in [0.3, 0.4) is 0 Å². The van der Waals surface area contributed by atoms with Gasteiger partial charge in [0, 0.05) is 17.6 Å². The molecule has 0 radical (unpaired) electrons. The minimum atomic E-state index is -0.279. The Morgan fingerprint density at radius 2 is 1.62 bits per heavy atom. The van der Waals surface area contributed by atoms with Crippen LogP contribution in [-0.2, 0) is 6.54 Å². The summed E-state index contributed by atoms with van der Waals surface area (Å²) in [6, 6.07) is 12.2. The van der Waals surface area contributed by atoms with E-state index >= 15 is 0 Å². The summed E-state index contributed by atoms with van der Waals surface area (Å²) in [5.41, 5.74) is 1.37. The van der Waals surface area contributed by atoms with E-state index in [1.54, 1.807) is 36.4 Å². The number of fused-ring (bicyclic) bond motifs is 2. The zero-order valence-corrected chi connectivity index (χ0v) is 15.3. The van der Waals surface area contributed by atoms with Crippen molar-refractivity contribution in [3.05, 3.63) is 74.7 Å². The predicted octanol–water partition coefficient (Wildman–Crippen LogP) is 2.85. The summed E-state index contributed by atoms with van der Waals surface area (Å²) in [5.74, 6) is -0.558. The lowest BCUT2D eigenvalue weighted by atomic mass is 10.1. The fourth-order valence-corrected chi connectivity index (χ4v) is 3.49. The number of benzene rings is 2. The van der Waals surface area contributed by atoms with Crippen LogP contribution >= 0.6 is 15.9 Å². The Kier molecular flexibility index (Phi) is 4.16. The number of hydrogen-bond donors (Lipinski definition) is 0. The first-order chi connectivity index (χ1) is 12.6. The monoisotopic (exact) mass is 411 g/mol. The summed E-state index contributed by atoms with van der Waals surface area (Å²) in [6.45, 7) is 0.636. The maximum absolute atomic E-state index is 12.6. The van der Waals surface area contributed by atoms with E-state index in [4.69, 9.17) is 0 Å². The minimum Gasteiger partial charge on any atom is -0.299 e. The van der Waals surface area contributed by atoms with E-state index in [-0.39, 0.29) is 23.9 Å². The van der Waals surface area contributed by atoms with Crippen LogP contribution in [-0.4, -0.2) is 32.8 Å². The van der Waals surface area contributed by atoms with Crippen molar-refractivity contribution in [2.45, 2.75) is 13.0 Å². The maximum atomic E-state index is 12.6. The van der Waals surface area contributed by atoms with E-state index in [1.807, 2.05) is 6.07 Å². The molecular weight excluding hydrogens is 398 g/mol. The van der Waals surface area contributed by atoms with Crippen molar-refractivity contribution in [2.24, 2.45) is 0 Å². The SMILES string of the molecule is O=C1c2ccccc2C(=O)N1CCCn1cnc2ccc(Br)cc2c1=O. The molecule has 3 aromatic rings. The van der Waals surface area contributed by atoms with Crippen LogP contribution < -0.4 is 5.56 Å². The minimum absolute atomic E-state index is 0.140. The summed E-state index contributed by atoms with van der Waals surface area (Å²) in [6.07, 6.45) is 1.98. The first-order valence-electron chi connectivity index (χ1n) is 8.16. The lowest BCUT2D eigenvalue weighted by Gasteiger charge is -2.14. The Bertz CT molecular complexity index is 1070. The molecule has 1 aliphatic heterocycles. The second-order valence-corrected chi connectivity index (χ2v) is 6.98. The van der Waals surface area contributed by atoms with Gasteiger partial charge in [0.2, 0.25) is 0 Å². The van der Waals surface area contributed by atoms with Crippen LogP contribution in [0.2, 0.25) is 0 Å². The van der Waals surface area contributed by atoms with E-state index in [9.17, 15) is 14.4 Å². The molecule has 2 aromatic carbocycles. The Morgan fingerprint density at radius 3 is 2.31 bits per heavy atom. The van der Waals surface area contributed by atoms with E-state index in [1.165, 1.54) is 15.8 Å². The highest BCUT2D eigenvalue weighted by atomic mass is 79.9. The highest BCUT2D eigenvalue weighted by molar-refractivity contribution is 9.10. The van der Waals surface area contributed by atoms with Crippen molar-refractivity contribution in [3.63, 3.8) is 0 Å². The largest absolute Gasteiger partial charge is 0.299 e. The Morgan fingerprint density at radius 1 is 0.923 bits per heavy atom. The smallest absolute Gasteiger partial charge is 0.261 e. The molecule has 0 unspecified atom stereocenters. The summed E-state index contributed by atoms with van der Waals surface area (Å²) >= 11 is 3.36. The number of aromatic nitrogens is 2. The molecule has 0 saturated heterocycles. The normalized spacial score (nSPS) is 13.5. The van der Waals surface area contributed by atoms with Gasteiger partial charge in [0.15, 0.2) is 0 Å². The van der Waals surface area contributed by atoms with Gasteiger partial charge < -0.3 is 0 Å². The standard InChI is InChI=1S/C19H14BrN3O3/c20-12-6-7-16-15(10-12)17(24)22(11-21-16)8-3-9-23-18(25)13-4-1-2-5-14(13)19(23)26/h1-2,4-7,10-11H,3,8-9H2. The zero-order chi connectivity index (χ0) is 18.3. The number of nitrogens with zero attached hydrogens (tertiary/aromatic N) is 3. The molecule has 130 valence electrons. The number of imide groups is 1. The number of hydrogen-bond acceptors (Lipinski definition) is 4. The second kappa shape index (κ2) is 6.49. The van der Waals surface area contributed by atoms with Crippen LogP contribution in [0.4, 0.5) is 0 Å². The third-order valence-corrected chi connectivity index (χ3v) is 4.94. The van der Waals surface area contributed by atoms with E-state index in [0.717, 1.165) is 4.47 Å². The molecule has 26 heavy (non-hydrogen) atoms. The Labute approximate surface area is 157 Å². The molecule has 0 spiro atoms. The van der Waals surface area contributed by atoms with Gasteiger partial charge in [-0.2, -0.15) is 0 Å². The molecule has 1 aromatic heterocycles. The van der Waals surface area contributed by atoms with Crippen molar-refractivity contribution in [3.8, 4) is 0 Å². The van der Waals surface area contributed by atoms with Crippen LogP contribution in [0, 0.1) is 0 Å². The lowest BCUT2D eigenvalue weighted by Crippen LogP contribution is -2.32.